The van der Waals surface area contributed by atoms with E-state index in [0.29, 0.717) is 18.2 Å². The molecule has 19 heavy (non-hydrogen) atoms. The zero-order valence-electron chi connectivity index (χ0n) is 11.4. The predicted octanol–water partition coefficient (Wildman–Crippen LogP) is 2.01. The maximum atomic E-state index is 10.8. The molecule has 0 aliphatic carbocycles. The Balaban J connectivity index is 1.98. The number of aromatic nitrogens is 2. The van der Waals surface area contributed by atoms with Crippen LogP contribution in [0.2, 0.25) is 0 Å². The Morgan fingerprint density at radius 1 is 1.37 bits per heavy atom. The quantitative estimate of drug-likeness (QED) is 0.879. The number of nitrogens with zero attached hydrogens (tertiary/aromatic N) is 2. The average Bonchev–Trinajstić information content (AvgIpc) is 2.76. The van der Waals surface area contributed by atoms with E-state index in [1.165, 1.54) is 0 Å². The predicted molar refractivity (Wildman–Crippen MR) is 66.8 cm³/mol. The minimum Gasteiger partial charge on any atom is -0.481 e. The highest BCUT2D eigenvalue weighted by molar-refractivity contribution is 5.67. The Labute approximate surface area is 112 Å². The molecule has 2 heterocycles. The summed E-state index contributed by atoms with van der Waals surface area (Å²) in [4.78, 5) is 10.8. The molecule has 1 aromatic heterocycles. The van der Waals surface area contributed by atoms with Crippen molar-refractivity contribution in [2.45, 2.75) is 45.4 Å². The van der Waals surface area contributed by atoms with Crippen LogP contribution >= 0.6 is 0 Å². The fourth-order valence-electron chi connectivity index (χ4n) is 2.33. The molecule has 1 aliphatic rings. The van der Waals surface area contributed by atoms with Gasteiger partial charge in [-0.3, -0.25) is 4.79 Å². The van der Waals surface area contributed by atoms with Crippen molar-refractivity contribution >= 4 is 5.97 Å². The normalized spacial score (nSPS) is 17.6. The van der Waals surface area contributed by atoms with Gasteiger partial charge in [-0.15, -0.1) is 10.2 Å². The topological polar surface area (TPSA) is 85.5 Å². The van der Waals surface area contributed by atoms with Crippen LogP contribution in [0, 0.1) is 5.41 Å². The third-order valence-electron chi connectivity index (χ3n) is 3.31. The maximum absolute atomic E-state index is 10.8. The summed E-state index contributed by atoms with van der Waals surface area (Å²) in [6.45, 7) is 5.23. The van der Waals surface area contributed by atoms with Crippen molar-refractivity contribution in [3.8, 4) is 0 Å². The van der Waals surface area contributed by atoms with Crippen LogP contribution in [0.25, 0.3) is 0 Å². The van der Waals surface area contributed by atoms with E-state index in [1.807, 2.05) is 13.8 Å². The lowest BCUT2D eigenvalue weighted by Crippen LogP contribution is -2.19. The van der Waals surface area contributed by atoms with Gasteiger partial charge in [0.05, 0.1) is 6.42 Å². The summed E-state index contributed by atoms with van der Waals surface area (Å²) in [7, 11) is 0. The molecular weight excluding hydrogens is 248 g/mol. The molecule has 6 heteroatoms. The molecule has 1 fully saturated rings. The first kappa shape index (κ1) is 14.0. The number of carboxylic acid groups (broad SMARTS) is 1. The van der Waals surface area contributed by atoms with Gasteiger partial charge >= 0.3 is 5.97 Å². The third kappa shape index (κ3) is 4.02. The smallest absolute Gasteiger partial charge is 0.303 e. The number of carboxylic acids is 1. The molecule has 2 rings (SSSR count). The first-order valence-corrected chi connectivity index (χ1v) is 6.58. The number of ether oxygens (including phenoxy) is 1. The van der Waals surface area contributed by atoms with Crippen LogP contribution in [-0.2, 0) is 16.0 Å². The molecule has 0 atom stereocenters. The van der Waals surface area contributed by atoms with Crippen molar-refractivity contribution in [1.29, 1.82) is 0 Å². The summed E-state index contributed by atoms with van der Waals surface area (Å²) < 4.78 is 11.0. The van der Waals surface area contributed by atoms with Crippen LogP contribution in [0.5, 0.6) is 0 Å². The standard InChI is InChI=1S/C13H20N2O4/c1-13(2,8-11(16)17)7-10-14-15-12(19-10)9-3-5-18-6-4-9/h9H,3-8H2,1-2H3,(H,16,17). The van der Waals surface area contributed by atoms with Crippen molar-refractivity contribution in [1.82, 2.24) is 10.2 Å². The molecule has 0 bridgehead atoms. The van der Waals surface area contributed by atoms with Gasteiger partial charge in [-0.25, -0.2) is 0 Å². The van der Waals surface area contributed by atoms with Crippen molar-refractivity contribution in [3.63, 3.8) is 0 Å². The molecule has 0 saturated carbocycles. The molecule has 1 saturated heterocycles. The van der Waals surface area contributed by atoms with E-state index in [9.17, 15) is 4.79 Å². The first-order chi connectivity index (χ1) is 8.96. The van der Waals surface area contributed by atoms with Crippen LogP contribution in [0.15, 0.2) is 4.42 Å². The molecule has 6 nitrogen and oxygen atoms in total. The molecule has 1 aliphatic heterocycles. The van der Waals surface area contributed by atoms with Gasteiger partial charge in [0.2, 0.25) is 11.8 Å². The summed E-state index contributed by atoms with van der Waals surface area (Å²) >= 11 is 0. The molecule has 0 amide bonds. The Bertz CT molecular complexity index is 436. The number of hydrogen-bond donors (Lipinski definition) is 1. The largest absolute Gasteiger partial charge is 0.481 e. The molecule has 1 N–H and O–H groups in total. The monoisotopic (exact) mass is 268 g/mol. The van der Waals surface area contributed by atoms with Gasteiger partial charge < -0.3 is 14.3 Å². The second kappa shape index (κ2) is 5.69. The molecule has 0 aromatic carbocycles. The summed E-state index contributed by atoms with van der Waals surface area (Å²) in [5, 5.41) is 17.0. The van der Waals surface area contributed by atoms with E-state index in [2.05, 4.69) is 10.2 Å². The van der Waals surface area contributed by atoms with Crippen LogP contribution < -0.4 is 0 Å². The molecular formula is C13H20N2O4. The maximum Gasteiger partial charge on any atom is 0.303 e. The number of hydrogen-bond acceptors (Lipinski definition) is 5. The highest BCUT2D eigenvalue weighted by atomic mass is 16.5. The Morgan fingerprint density at radius 2 is 2.05 bits per heavy atom. The van der Waals surface area contributed by atoms with E-state index in [1.54, 1.807) is 0 Å². The summed E-state index contributed by atoms with van der Waals surface area (Å²) in [6.07, 6.45) is 2.37. The van der Waals surface area contributed by atoms with E-state index < -0.39 is 5.97 Å². The van der Waals surface area contributed by atoms with Crippen LogP contribution in [-0.4, -0.2) is 34.5 Å². The molecule has 106 valence electrons. The Hall–Kier alpha value is -1.43. The summed E-state index contributed by atoms with van der Waals surface area (Å²) in [6, 6.07) is 0. The third-order valence-corrected chi connectivity index (χ3v) is 3.31. The van der Waals surface area contributed by atoms with Crippen LogP contribution in [0.4, 0.5) is 0 Å². The first-order valence-electron chi connectivity index (χ1n) is 6.58. The highest BCUT2D eigenvalue weighted by Crippen LogP contribution is 2.29. The fourth-order valence-corrected chi connectivity index (χ4v) is 2.33. The Kier molecular flexibility index (Phi) is 4.19. The second-order valence-electron chi connectivity index (χ2n) is 5.83. The van der Waals surface area contributed by atoms with Gasteiger partial charge in [0, 0.05) is 25.6 Å². The fraction of sp³-hybridized carbons (Fsp3) is 0.769. The molecule has 0 spiro atoms. The van der Waals surface area contributed by atoms with Crippen LogP contribution in [0.1, 0.15) is 50.8 Å². The van der Waals surface area contributed by atoms with Crippen molar-refractivity contribution in [3.05, 3.63) is 11.8 Å². The van der Waals surface area contributed by atoms with Crippen molar-refractivity contribution < 1.29 is 19.1 Å². The minimum absolute atomic E-state index is 0.0853. The molecule has 1 aromatic rings. The van der Waals surface area contributed by atoms with Gasteiger partial charge in [0.1, 0.15) is 0 Å². The second-order valence-corrected chi connectivity index (χ2v) is 5.83. The SMILES string of the molecule is CC(C)(CC(=O)O)Cc1nnc(C2CCOCC2)o1. The zero-order chi connectivity index (χ0) is 13.9. The van der Waals surface area contributed by atoms with Gasteiger partial charge in [-0.2, -0.15) is 0 Å². The lowest BCUT2D eigenvalue weighted by Gasteiger charge is -2.20. The van der Waals surface area contributed by atoms with Crippen molar-refractivity contribution in [2.75, 3.05) is 13.2 Å². The summed E-state index contributed by atoms with van der Waals surface area (Å²) in [5.74, 6) is 0.643. The van der Waals surface area contributed by atoms with E-state index >= 15 is 0 Å². The molecule has 0 radical (unpaired) electrons. The number of aliphatic carboxylic acids is 1. The minimum atomic E-state index is -0.811. The van der Waals surface area contributed by atoms with E-state index in [4.69, 9.17) is 14.3 Å². The Morgan fingerprint density at radius 3 is 2.68 bits per heavy atom. The highest BCUT2D eigenvalue weighted by Gasteiger charge is 2.27. The van der Waals surface area contributed by atoms with Gasteiger partial charge in [0.25, 0.3) is 0 Å². The van der Waals surface area contributed by atoms with Gasteiger partial charge in [-0.1, -0.05) is 13.8 Å². The van der Waals surface area contributed by atoms with Gasteiger partial charge in [0.15, 0.2) is 0 Å². The van der Waals surface area contributed by atoms with E-state index in [0.717, 1.165) is 26.1 Å². The number of carbonyl (C=O) groups is 1. The lowest BCUT2D eigenvalue weighted by atomic mass is 9.86. The average molecular weight is 268 g/mol. The lowest BCUT2D eigenvalue weighted by molar-refractivity contribution is -0.139. The zero-order valence-corrected chi connectivity index (χ0v) is 11.4. The van der Waals surface area contributed by atoms with Crippen molar-refractivity contribution in [2.24, 2.45) is 5.41 Å². The molecule has 0 unspecified atom stereocenters. The summed E-state index contributed by atoms with van der Waals surface area (Å²) in [5.41, 5.74) is -0.384. The van der Waals surface area contributed by atoms with Crippen LogP contribution in [0.3, 0.4) is 0 Å². The van der Waals surface area contributed by atoms with Gasteiger partial charge in [-0.05, 0) is 18.3 Å². The number of rotatable bonds is 5. The van der Waals surface area contributed by atoms with E-state index in [-0.39, 0.29) is 17.8 Å².